The molecular weight excluding hydrogens is 362 g/mol. The van der Waals surface area contributed by atoms with Crippen LogP contribution in [0.25, 0.3) is 11.1 Å². The lowest BCUT2D eigenvalue weighted by molar-refractivity contribution is 0.253. The molecule has 2 amide bonds. The Morgan fingerprint density at radius 2 is 2.07 bits per heavy atom. The molecule has 2 N–H and O–H groups in total. The third kappa shape index (κ3) is 4.01. The Morgan fingerprint density at radius 3 is 2.78 bits per heavy atom. The van der Waals surface area contributed by atoms with Gasteiger partial charge in [0.25, 0.3) is 0 Å². The SMILES string of the molecule is CCS(=O)N(C)[C@H](C)c1cncc(-c2cnc3c(c2)CCCN3C(N)=O)c1. The highest BCUT2D eigenvalue weighted by molar-refractivity contribution is 7.82. The molecule has 0 saturated carbocycles. The van der Waals surface area contributed by atoms with Gasteiger partial charge in [0.1, 0.15) is 5.82 Å². The number of anilines is 1. The van der Waals surface area contributed by atoms with Crippen molar-refractivity contribution in [3.63, 3.8) is 0 Å². The van der Waals surface area contributed by atoms with Gasteiger partial charge in [0.15, 0.2) is 0 Å². The van der Waals surface area contributed by atoms with E-state index in [1.165, 1.54) is 4.90 Å². The normalized spacial score (nSPS) is 16.1. The Morgan fingerprint density at radius 1 is 1.33 bits per heavy atom. The molecule has 27 heavy (non-hydrogen) atoms. The first-order valence-corrected chi connectivity index (χ1v) is 10.3. The number of pyridine rings is 2. The summed E-state index contributed by atoms with van der Waals surface area (Å²) in [4.78, 5) is 22.0. The summed E-state index contributed by atoms with van der Waals surface area (Å²) in [6, 6.07) is 3.62. The predicted molar refractivity (Wildman–Crippen MR) is 108 cm³/mol. The van der Waals surface area contributed by atoms with Gasteiger partial charge < -0.3 is 5.73 Å². The molecule has 0 fully saturated rings. The number of nitrogens with zero attached hydrogens (tertiary/aromatic N) is 4. The summed E-state index contributed by atoms with van der Waals surface area (Å²) in [7, 11) is 0.837. The third-order valence-electron chi connectivity index (χ3n) is 4.98. The van der Waals surface area contributed by atoms with Gasteiger partial charge in [0.2, 0.25) is 0 Å². The fourth-order valence-corrected chi connectivity index (χ4v) is 4.15. The van der Waals surface area contributed by atoms with Gasteiger partial charge >= 0.3 is 6.03 Å². The second-order valence-corrected chi connectivity index (χ2v) is 8.44. The zero-order valence-electron chi connectivity index (χ0n) is 15.9. The molecule has 0 radical (unpaired) electrons. The van der Waals surface area contributed by atoms with E-state index in [2.05, 4.69) is 22.1 Å². The van der Waals surface area contributed by atoms with Crippen LogP contribution < -0.4 is 10.6 Å². The Labute approximate surface area is 162 Å². The summed E-state index contributed by atoms with van der Waals surface area (Å²) in [5.74, 6) is 1.23. The summed E-state index contributed by atoms with van der Waals surface area (Å²) in [5.41, 5.74) is 9.35. The number of primary amides is 1. The van der Waals surface area contributed by atoms with E-state index in [0.29, 0.717) is 18.1 Å². The van der Waals surface area contributed by atoms with E-state index in [-0.39, 0.29) is 6.04 Å². The quantitative estimate of drug-likeness (QED) is 0.854. The molecule has 2 atom stereocenters. The maximum atomic E-state index is 12.1. The average molecular weight is 388 g/mol. The van der Waals surface area contributed by atoms with Crippen LogP contribution in [-0.2, 0) is 17.4 Å². The van der Waals surface area contributed by atoms with Crippen molar-refractivity contribution in [2.24, 2.45) is 5.73 Å². The zero-order chi connectivity index (χ0) is 19.6. The van der Waals surface area contributed by atoms with E-state index in [1.54, 1.807) is 18.6 Å². The van der Waals surface area contributed by atoms with Crippen LogP contribution in [0.15, 0.2) is 30.7 Å². The number of hydrogen-bond donors (Lipinski definition) is 1. The van der Waals surface area contributed by atoms with Gasteiger partial charge in [0, 0.05) is 55.1 Å². The Balaban J connectivity index is 1.92. The van der Waals surface area contributed by atoms with Crippen molar-refractivity contribution >= 4 is 22.8 Å². The molecule has 144 valence electrons. The van der Waals surface area contributed by atoms with Gasteiger partial charge in [-0.05, 0) is 43.0 Å². The van der Waals surface area contributed by atoms with Crippen molar-refractivity contribution in [3.8, 4) is 11.1 Å². The predicted octanol–water partition coefficient (Wildman–Crippen LogP) is 2.65. The molecule has 0 spiro atoms. The summed E-state index contributed by atoms with van der Waals surface area (Å²) < 4.78 is 13.9. The highest BCUT2D eigenvalue weighted by Crippen LogP contribution is 2.30. The van der Waals surface area contributed by atoms with Crippen LogP contribution in [0, 0.1) is 0 Å². The van der Waals surface area contributed by atoms with Crippen LogP contribution in [0.4, 0.5) is 10.6 Å². The third-order valence-corrected chi connectivity index (χ3v) is 6.43. The van der Waals surface area contributed by atoms with Crippen molar-refractivity contribution in [1.29, 1.82) is 0 Å². The van der Waals surface area contributed by atoms with Gasteiger partial charge in [0.05, 0.1) is 11.0 Å². The number of hydrogen-bond acceptors (Lipinski definition) is 4. The van der Waals surface area contributed by atoms with E-state index >= 15 is 0 Å². The minimum atomic E-state index is -1.02. The Bertz CT molecular complexity index is 873. The first-order chi connectivity index (χ1) is 12.9. The van der Waals surface area contributed by atoms with E-state index in [1.807, 2.05) is 25.2 Å². The average Bonchev–Trinajstić information content (AvgIpc) is 2.71. The molecule has 3 rings (SSSR count). The molecule has 1 unspecified atom stereocenters. The highest BCUT2D eigenvalue weighted by atomic mass is 32.2. The monoisotopic (exact) mass is 387 g/mol. The maximum absolute atomic E-state index is 12.1. The standard InChI is InChI=1S/C19H25N5O2S/c1-4-27(26)23(3)13(2)15-9-16(11-21-10-15)17-8-14-6-5-7-24(19(20)25)18(14)22-12-17/h8-13H,4-7H2,1-3H3,(H2,20,25)/t13-,27?/m1/s1. The van der Waals surface area contributed by atoms with Gasteiger partial charge in [-0.3, -0.25) is 9.88 Å². The number of nitrogens with two attached hydrogens (primary N) is 1. The number of aryl methyl sites for hydroxylation is 1. The van der Waals surface area contributed by atoms with Crippen molar-refractivity contribution < 1.29 is 9.00 Å². The van der Waals surface area contributed by atoms with E-state index in [4.69, 9.17) is 5.73 Å². The highest BCUT2D eigenvalue weighted by Gasteiger charge is 2.23. The molecule has 2 aromatic heterocycles. The number of urea groups is 1. The van der Waals surface area contributed by atoms with Gasteiger partial charge in [-0.15, -0.1) is 0 Å². The number of amides is 2. The summed E-state index contributed by atoms with van der Waals surface area (Å²) in [5, 5.41) is 0. The van der Waals surface area contributed by atoms with Crippen LogP contribution in [-0.4, -0.2) is 43.9 Å². The fourth-order valence-electron chi connectivity index (χ4n) is 3.27. The van der Waals surface area contributed by atoms with E-state index < -0.39 is 17.0 Å². The Hall–Kier alpha value is -2.32. The molecule has 1 aliphatic heterocycles. The molecule has 0 aliphatic carbocycles. The largest absolute Gasteiger partial charge is 0.351 e. The number of fused-ring (bicyclic) bond motifs is 1. The molecule has 3 heterocycles. The van der Waals surface area contributed by atoms with Crippen molar-refractivity contribution in [3.05, 3.63) is 41.9 Å². The number of carbonyl (C=O) groups excluding carboxylic acids is 1. The molecule has 7 nitrogen and oxygen atoms in total. The van der Waals surface area contributed by atoms with Crippen molar-refractivity contribution in [2.45, 2.75) is 32.7 Å². The fraction of sp³-hybridized carbons (Fsp3) is 0.421. The summed E-state index contributed by atoms with van der Waals surface area (Å²) in [6.45, 7) is 4.52. The lowest BCUT2D eigenvalue weighted by atomic mass is 10.00. The molecule has 1 aliphatic rings. The smallest absolute Gasteiger partial charge is 0.320 e. The molecule has 0 saturated heterocycles. The zero-order valence-corrected chi connectivity index (χ0v) is 16.7. The lowest BCUT2D eigenvalue weighted by Crippen LogP contribution is -2.40. The van der Waals surface area contributed by atoms with Gasteiger partial charge in [-0.25, -0.2) is 18.3 Å². The first-order valence-electron chi connectivity index (χ1n) is 9.05. The second kappa shape index (κ2) is 8.14. The number of rotatable bonds is 5. The summed E-state index contributed by atoms with van der Waals surface area (Å²) >= 11 is 0. The second-order valence-electron chi connectivity index (χ2n) is 6.64. The van der Waals surface area contributed by atoms with Gasteiger partial charge in [-0.1, -0.05) is 6.92 Å². The van der Waals surface area contributed by atoms with Crippen LogP contribution in [0.5, 0.6) is 0 Å². The molecular formula is C19H25N5O2S. The lowest BCUT2D eigenvalue weighted by Gasteiger charge is -2.27. The topological polar surface area (TPSA) is 92.4 Å². The molecule has 0 aromatic carbocycles. The van der Waals surface area contributed by atoms with Gasteiger partial charge in [-0.2, -0.15) is 0 Å². The molecule has 8 heteroatoms. The maximum Gasteiger partial charge on any atom is 0.320 e. The molecule has 2 aromatic rings. The Kier molecular flexibility index (Phi) is 5.86. The van der Waals surface area contributed by atoms with Crippen molar-refractivity contribution in [2.75, 3.05) is 24.2 Å². The first kappa shape index (κ1) is 19.4. The number of carbonyl (C=O) groups is 1. The van der Waals surface area contributed by atoms with Crippen LogP contribution in [0.2, 0.25) is 0 Å². The summed E-state index contributed by atoms with van der Waals surface area (Å²) in [6.07, 6.45) is 7.08. The minimum Gasteiger partial charge on any atom is -0.351 e. The minimum absolute atomic E-state index is 0.0193. The van der Waals surface area contributed by atoms with E-state index in [0.717, 1.165) is 35.1 Å². The van der Waals surface area contributed by atoms with Crippen molar-refractivity contribution in [1.82, 2.24) is 14.3 Å². The van der Waals surface area contributed by atoms with Crippen LogP contribution in [0.1, 0.15) is 37.4 Å². The van der Waals surface area contributed by atoms with E-state index in [9.17, 15) is 9.00 Å². The number of aromatic nitrogens is 2. The van der Waals surface area contributed by atoms with Crippen LogP contribution in [0.3, 0.4) is 0 Å². The molecule has 0 bridgehead atoms. The van der Waals surface area contributed by atoms with Crippen LogP contribution >= 0.6 is 0 Å².